The van der Waals surface area contributed by atoms with Crippen molar-refractivity contribution in [3.63, 3.8) is 0 Å². The second-order valence-electron chi connectivity index (χ2n) is 3.27. The summed E-state index contributed by atoms with van der Waals surface area (Å²) < 4.78 is 22.2. The number of nitrogens with two attached hydrogens (primary N) is 1. The van der Waals surface area contributed by atoms with Gasteiger partial charge in [0.2, 0.25) is 5.91 Å². The van der Waals surface area contributed by atoms with Crippen LogP contribution in [0.5, 0.6) is 0 Å². The maximum absolute atomic E-state index is 11.1. The molecule has 0 aliphatic carbocycles. The van der Waals surface area contributed by atoms with Gasteiger partial charge in [-0.25, -0.2) is 8.42 Å². The van der Waals surface area contributed by atoms with Crippen LogP contribution in [0.2, 0.25) is 0 Å². The smallest absolute Gasteiger partial charge is 0.220 e. The lowest BCUT2D eigenvalue weighted by atomic mass is 10.2. The summed E-state index contributed by atoms with van der Waals surface area (Å²) in [4.78, 5) is 11.0. The lowest BCUT2D eigenvalue weighted by molar-refractivity contribution is -0.121. The van der Waals surface area contributed by atoms with Crippen LogP contribution < -0.4 is 11.1 Å². The van der Waals surface area contributed by atoms with Crippen molar-refractivity contribution < 1.29 is 13.2 Å². The van der Waals surface area contributed by atoms with Crippen LogP contribution in [-0.2, 0) is 14.6 Å². The zero-order valence-electron chi connectivity index (χ0n) is 7.49. The predicted molar refractivity (Wildman–Crippen MR) is 48.9 cm³/mol. The van der Waals surface area contributed by atoms with Crippen molar-refractivity contribution in [3.8, 4) is 0 Å². The number of rotatable bonds is 2. The fraction of sp³-hybridized carbons (Fsp3) is 0.857. The first-order valence-electron chi connectivity index (χ1n) is 4.20. The second-order valence-corrected chi connectivity index (χ2v) is 5.42. The number of nitrogens with one attached hydrogen (secondary N) is 1. The van der Waals surface area contributed by atoms with Crippen molar-refractivity contribution in [2.75, 3.05) is 11.5 Å². The molecule has 76 valence electrons. The fourth-order valence-electron chi connectivity index (χ4n) is 1.33. The number of hydrogen-bond donors (Lipinski definition) is 2. The Morgan fingerprint density at radius 2 is 2.15 bits per heavy atom. The molecular weight excluding hydrogens is 192 g/mol. The van der Waals surface area contributed by atoms with Gasteiger partial charge in [-0.05, 0) is 0 Å². The van der Waals surface area contributed by atoms with E-state index in [-0.39, 0.29) is 17.4 Å². The van der Waals surface area contributed by atoms with E-state index in [2.05, 4.69) is 5.32 Å². The highest BCUT2D eigenvalue weighted by Gasteiger charge is 2.35. The Hall–Kier alpha value is -0.620. The van der Waals surface area contributed by atoms with Crippen molar-refractivity contribution in [1.82, 2.24) is 5.32 Å². The Balaban J connectivity index is 2.59. The maximum Gasteiger partial charge on any atom is 0.220 e. The lowest BCUT2D eigenvalue weighted by Crippen LogP contribution is -2.46. The fourth-order valence-corrected chi connectivity index (χ4v) is 3.16. The SMILES string of the molecule is CCC(=O)N[C@@H]1CS(=O)(=O)C[C@H]1N. The van der Waals surface area contributed by atoms with Crippen molar-refractivity contribution >= 4 is 15.7 Å². The third-order valence-electron chi connectivity index (χ3n) is 2.06. The van der Waals surface area contributed by atoms with Gasteiger partial charge in [0.05, 0.1) is 17.5 Å². The van der Waals surface area contributed by atoms with E-state index in [1.807, 2.05) is 0 Å². The molecule has 0 aromatic heterocycles. The quantitative estimate of drug-likeness (QED) is 0.584. The van der Waals surface area contributed by atoms with Crippen molar-refractivity contribution in [1.29, 1.82) is 0 Å². The van der Waals surface area contributed by atoms with Crippen LogP contribution in [0.4, 0.5) is 0 Å². The molecule has 0 unspecified atom stereocenters. The molecule has 0 saturated carbocycles. The van der Waals surface area contributed by atoms with Gasteiger partial charge in [-0.1, -0.05) is 6.92 Å². The van der Waals surface area contributed by atoms with Gasteiger partial charge in [0.25, 0.3) is 0 Å². The Bertz CT molecular complexity index is 299. The van der Waals surface area contributed by atoms with E-state index in [1.165, 1.54) is 0 Å². The number of sulfone groups is 1. The van der Waals surface area contributed by atoms with Gasteiger partial charge in [0.1, 0.15) is 0 Å². The van der Waals surface area contributed by atoms with Gasteiger partial charge in [-0.2, -0.15) is 0 Å². The summed E-state index contributed by atoms with van der Waals surface area (Å²) in [6.45, 7) is 1.71. The third kappa shape index (κ3) is 2.67. The molecule has 2 atom stereocenters. The van der Waals surface area contributed by atoms with Crippen LogP contribution in [0, 0.1) is 0 Å². The zero-order valence-corrected chi connectivity index (χ0v) is 8.30. The molecule has 1 aliphatic rings. The number of carbonyl (C=O) groups is 1. The minimum absolute atomic E-state index is 0.0261. The average molecular weight is 206 g/mol. The topological polar surface area (TPSA) is 89.3 Å². The van der Waals surface area contributed by atoms with E-state index in [0.717, 1.165) is 0 Å². The highest BCUT2D eigenvalue weighted by Crippen LogP contribution is 2.10. The van der Waals surface area contributed by atoms with E-state index >= 15 is 0 Å². The molecule has 0 aromatic carbocycles. The molecule has 1 heterocycles. The molecule has 13 heavy (non-hydrogen) atoms. The lowest BCUT2D eigenvalue weighted by Gasteiger charge is -2.14. The van der Waals surface area contributed by atoms with Crippen LogP contribution in [0.25, 0.3) is 0 Å². The first kappa shape index (κ1) is 10.5. The summed E-state index contributed by atoms with van der Waals surface area (Å²) in [7, 11) is -3.04. The van der Waals surface area contributed by atoms with E-state index in [1.54, 1.807) is 6.92 Å². The van der Waals surface area contributed by atoms with Crippen LogP contribution in [0.1, 0.15) is 13.3 Å². The summed E-state index contributed by atoms with van der Waals surface area (Å²) >= 11 is 0. The Morgan fingerprint density at radius 3 is 2.54 bits per heavy atom. The third-order valence-corrected chi connectivity index (χ3v) is 3.82. The van der Waals surface area contributed by atoms with Gasteiger partial charge < -0.3 is 11.1 Å². The minimum atomic E-state index is -3.04. The van der Waals surface area contributed by atoms with E-state index in [0.29, 0.717) is 6.42 Å². The standard InChI is InChI=1S/C7H14N2O3S/c1-2-7(10)9-6-4-13(11,12)3-5(6)8/h5-6H,2-4,8H2,1H3,(H,9,10)/t5-,6-/m1/s1. The molecule has 0 spiro atoms. The normalized spacial score (nSPS) is 31.5. The Labute approximate surface area is 77.6 Å². The van der Waals surface area contributed by atoms with Crippen molar-refractivity contribution in [2.45, 2.75) is 25.4 Å². The predicted octanol–water partition coefficient (Wildman–Crippen LogP) is -1.36. The largest absolute Gasteiger partial charge is 0.351 e. The van der Waals surface area contributed by atoms with Gasteiger partial charge >= 0.3 is 0 Å². The number of carbonyl (C=O) groups excluding carboxylic acids is 1. The highest BCUT2D eigenvalue weighted by atomic mass is 32.2. The molecule has 6 heteroatoms. The summed E-state index contributed by atoms with van der Waals surface area (Å²) in [5, 5.41) is 2.59. The van der Waals surface area contributed by atoms with Gasteiger partial charge in [0.15, 0.2) is 9.84 Å². The van der Waals surface area contributed by atoms with E-state index in [9.17, 15) is 13.2 Å². The Kier molecular flexibility index (Phi) is 2.92. The molecule has 1 saturated heterocycles. The van der Waals surface area contributed by atoms with Gasteiger partial charge in [-0.3, -0.25) is 4.79 Å². The summed E-state index contributed by atoms with van der Waals surface area (Å²) in [5.41, 5.74) is 5.56. The molecule has 3 N–H and O–H groups in total. The minimum Gasteiger partial charge on any atom is -0.351 e. The first-order chi connectivity index (χ1) is 5.94. The summed E-state index contributed by atoms with van der Waals surface area (Å²) in [6.07, 6.45) is 0.350. The van der Waals surface area contributed by atoms with Crippen LogP contribution >= 0.6 is 0 Å². The summed E-state index contributed by atoms with van der Waals surface area (Å²) in [5.74, 6) is -0.209. The molecule has 1 fully saturated rings. The molecule has 0 aromatic rings. The molecule has 0 radical (unpaired) electrons. The molecule has 1 aliphatic heterocycles. The molecule has 1 rings (SSSR count). The molecule has 5 nitrogen and oxygen atoms in total. The number of hydrogen-bond acceptors (Lipinski definition) is 4. The maximum atomic E-state index is 11.1. The number of amides is 1. The van der Waals surface area contributed by atoms with Crippen molar-refractivity contribution in [2.24, 2.45) is 5.73 Å². The average Bonchev–Trinajstić information content (AvgIpc) is 2.24. The van der Waals surface area contributed by atoms with Crippen LogP contribution in [-0.4, -0.2) is 37.9 Å². The Morgan fingerprint density at radius 1 is 1.54 bits per heavy atom. The second kappa shape index (κ2) is 3.63. The van der Waals surface area contributed by atoms with Crippen molar-refractivity contribution in [3.05, 3.63) is 0 Å². The van der Waals surface area contributed by atoms with Crippen LogP contribution in [0.15, 0.2) is 0 Å². The van der Waals surface area contributed by atoms with Crippen LogP contribution in [0.3, 0.4) is 0 Å². The van der Waals surface area contributed by atoms with E-state index in [4.69, 9.17) is 5.73 Å². The van der Waals surface area contributed by atoms with E-state index < -0.39 is 21.9 Å². The molecular formula is C7H14N2O3S. The highest BCUT2D eigenvalue weighted by molar-refractivity contribution is 7.91. The monoisotopic (exact) mass is 206 g/mol. The summed E-state index contributed by atoms with van der Waals surface area (Å²) in [6, 6.07) is -0.863. The first-order valence-corrected chi connectivity index (χ1v) is 6.02. The molecule has 0 bridgehead atoms. The van der Waals surface area contributed by atoms with Gasteiger partial charge in [0, 0.05) is 12.5 Å². The zero-order chi connectivity index (χ0) is 10.1. The van der Waals surface area contributed by atoms with Gasteiger partial charge in [-0.15, -0.1) is 0 Å². The molecule has 1 amide bonds.